The van der Waals surface area contributed by atoms with Crippen molar-refractivity contribution in [2.24, 2.45) is 0 Å². The number of carbonyl (C=O) groups is 3. The summed E-state index contributed by atoms with van der Waals surface area (Å²) in [5.41, 5.74) is 1.34. The van der Waals surface area contributed by atoms with Crippen LogP contribution in [0.25, 0.3) is 0 Å². The first-order valence-corrected chi connectivity index (χ1v) is 9.79. The van der Waals surface area contributed by atoms with Crippen molar-refractivity contribution >= 4 is 41.5 Å². The van der Waals surface area contributed by atoms with Crippen LogP contribution < -0.4 is 10.0 Å². The van der Waals surface area contributed by atoms with E-state index in [0.717, 1.165) is 0 Å². The van der Waals surface area contributed by atoms with Gasteiger partial charge in [0.2, 0.25) is 21.5 Å². The van der Waals surface area contributed by atoms with Crippen molar-refractivity contribution in [3.63, 3.8) is 0 Å². The molecule has 8 nitrogen and oxygen atoms in total. The Morgan fingerprint density at radius 3 is 2.65 bits per heavy atom. The molecule has 0 saturated carbocycles. The summed E-state index contributed by atoms with van der Waals surface area (Å²) in [7, 11) is -1.85. The molecule has 0 aromatic heterocycles. The molecule has 2 N–H and O–H groups in total. The highest BCUT2D eigenvalue weighted by molar-refractivity contribution is 8.38. The third-order valence-electron chi connectivity index (χ3n) is 3.79. The third kappa shape index (κ3) is 3.20. The Kier molecular flexibility index (Phi) is 3.85. The number of nitrogens with one attached hydrogen (secondary N) is 2. The highest BCUT2D eigenvalue weighted by Crippen LogP contribution is 2.29. The summed E-state index contributed by atoms with van der Waals surface area (Å²) in [6.45, 7) is 0.258. The van der Waals surface area contributed by atoms with E-state index >= 15 is 0 Å². The maximum Gasteiger partial charge on any atom is 0.255 e. The third-order valence-corrected chi connectivity index (χ3v) is 4.66. The van der Waals surface area contributed by atoms with Gasteiger partial charge >= 0.3 is 0 Å². The summed E-state index contributed by atoms with van der Waals surface area (Å²) in [6.07, 6.45) is 0.476. The number of fused-ring (bicyclic) bond motifs is 1. The average Bonchev–Trinajstić information content (AvgIpc) is 2.74. The van der Waals surface area contributed by atoms with E-state index in [1.807, 2.05) is 0 Å². The molecule has 1 aromatic rings. The number of rotatable bonds is 3. The van der Waals surface area contributed by atoms with Gasteiger partial charge in [0.15, 0.2) is 0 Å². The van der Waals surface area contributed by atoms with Gasteiger partial charge in [-0.2, -0.15) is 0 Å². The highest BCUT2D eigenvalue weighted by Gasteiger charge is 2.39. The minimum Gasteiger partial charge on any atom is -0.322 e. The van der Waals surface area contributed by atoms with Crippen molar-refractivity contribution in [3.8, 4) is 0 Å². The Morgan fingerprint density at radius 1 is 1.26 bits per heavy atom. The number of benzene rings is 1. The van der Waals surface area contributed by atoms with Crippen LogP contribution in [0.1, 0.15) is 28.8 Å². The lowest BCUT2D eigenvalue weighted by molar-refractivity contribution is -0.136. The maximum atomic E-state index is 12.5. The van der Waals surface area contributed by atoms with Crippen LogP contribution in [0, 0.1) is 0 Å². The normalized spacial score (nSPS) is 21.2. The molecule has 23 heavy (non-hydrogen) atoms. The summed E-state index contributed by atoms with van der Waals surface area (Å²) in [6, 6.07) is 3.97. The van der Waals surface area contributed by atoms with Crippen molar-refractivity contribution in [1.29, 1.82) is 0 Å². The molecule has 1 aromatic carbocycles. The quantitative estimate of drug-likeness (QED) is 0.584. The smallest absolute Gasteiger partial charge is 0.255 e. The van der Waals surface area contributed by atoms with Crippen molar-refractivity contribution in [2.75, 3.05) is 4.72 Å². The number of imide groups is 1. The molecule has 2 aliphatic heterocycles. The van der Waals surface area contributed by atoms with E-state index in [1.165, 1.54) is 11.0 Å². The van der Waals surface area contributed by atoms with E-state index in [0.29, 0.717) is 11.1 Å². The Bertz CT molecular complexity index is 823. The standard InChI is InChI=1S/C13H14N3O5PS/c17-11-4-3-10(12(18)14-11)16-6-7-1-2-8(15-23(20,21)22)5-9(7)13(16)19/h1-2,5,10,15H,3-4,6,22H2,(H,14,17,18). The number of nitrogens with zero attached hydrogens (tertiary/aromatic N) is 1. The van der Waals surface area contributed by atoms with Gasteiger partial charge in [-0.15, -0.1) is 0 Å². The van der Waals surface area contributed by atoms with Gasteiger partial charge < -0.3 is 4.90 Å². The van der Waals surface area contributed by atoms with Crippen LogP contribution in [0.5, 0.6) is 0 Å². The summed E-state index contributed by atoms with van der Waals surface area (Å²) in [5.74, 6) is -1.17. The Morgan fingerprint density at radius 2 is 2.00 bits per heavy atom. The molecule has 3 amide bonds. The molecule has 2 atom stereocenters. The minimum absolute atomic E-state index is 0.189. The molecular weight excluding hydrogens is 341 g/mol. The summed E-state index contributed by atoms with van der Waals surface area (Å²) in [5, 5.41) is 2.23. The molecule has 2 aliphatic rings. The van der Waals surface area contributed by atoms with E-state index in [-0.39, 0.29) is 36.9 Å². The van der Waals surface area contributed by atoms with Crippen LogP contribution >= 0.6 is 8.44 Å². The van der Waals surface area contributed by atoms with Crippen molar-refractivity contribution in [2.45, 2.75) is 25.4 Å². The number of anilines is 1. The van der Waals surface area contributed by atoms with Gasteiger partial charge in [0.1, 0.15) is 6.04 Å². The molecule has 1 fully saturated rings. The first-order valence-electron chi connectivity index (χ1n) is 6.83. The van der Waals surface area contributed by atoms with Crippen LogP contribution in [0.4, 0.5) is 5.69 Å². The van der Waals surface area contributed by atoms with Crippen LogP contribution in [0.2, 0.25) is 0 Å². The Hall–Kier alpha value is -1.99. The van der Waals surface area contributed by atoms with Gasteiger partial charge in [-0.25, -0.2) is 8.42 Å². The summed E-state index contributed by atoms with van der Waals surface area (Å²) >= 11 is 0. The molecule has 0 spiro atoms. The zero-order valence-corrected chi connectivity index (χ0v) is 13.9. The van der Waals surface area contributed by atoms with E-state index in [1.54, 1.807) is 20.6 Å². The topological polar surface area (TPSA) is 113 Å². The second-order valence-corrected chi connectivity index (χ2v) is 8.57. The molecule has 122 valence electrons. The summed E-state index contributed by atoms with van der Waals surface area (Å²) in [4.78, 5) is 37.1. The second kappa shape index (κ2) is 5.58. The minimum atomic E-state index is -3.52. The van der Waals surface area contributed by atoms with Crippen LogP contribution in [-0.2, 0) is 25.8 Å². The van der Waals surface area contributed by atoms with E-state index in [4.69, 9.17) is 0 Å². The molecule has 2 unspecified atom stereocenters. The first kappa shape index (κ1) is 15.9. The predicted octanol–water partition coefficient (Wildman–Crippen LogP) is -0.0206. The van der Waals surface area contributed by atoms with Gasteiger partial charge in [0, 0.05) is 32.7 Å². The first-order chi connectivity index (χ1) is 10.7. The van der Waals surface area contributed by atoms with Crippen molar-refractivity contribution in [1.82, 2.24) is 10.2 Å². The highest BCUT2D eigenvalue weighted by atomic mass is 32.7. The SMILES string of the molecule is O=C1CCC(N2Cc3ccc(NS(=O)(=O)P)cc3C2=O)C(=O)N1. The summed E-state index contributed by atoms with van der Waals surface area (Å²) < 4.78 is 24.8. The molecule has 0 aliphatic carbocycles. The van der Waals surface area contributed by atoms with Gasteiger partial charge in [0.05, 0.1) is 0 Å². The number of hydrogen-bond donors (Lipinski definition) is 2. The largest absolute Gasteiger partial charge is 0.322 e. The van der Waals surface area contributed by atoms with E-state index in [9.17, 15) is 22.8 Å². The zero-order chi connectivity index (χ0) is 16.8. The Labute approximate surface area is 134 Å². The average molecular weight is 355 g/mol. The fraction of sp³-hybridized carbons (Fsp3) is 0.308. The molecule has 0 radical (unpaired) electrons. The molecule has 10 heteroatoms. The van der Waals surface area contributed by atoms with Crippen molar-refractivity contribution in [3.05, 3.63) is 29.3 Å². The molecule has 2 heterocycles. The van der Waals surface area contributed by atoms with E-state index in [2.05, 4.69) is 10.0 Å². The van der Waals surface area contributed by atoms with Crippen LogP contribution in [-0.4, -0.2) is 37.1 Å². The number of amides is 3. The maximum absolute atomic E-state index is 12.5. The molecule has 1 saturated heterocycles. The van der Waals surface area contributed by atoms with Gasteiger partial charge in [0.25, 0.3) is 5.91 Å². The van der Waals surface area contributed by atoms with Gasteiger partial charge in [-0.3, -0.25) is 24.4 Å². The molecule has 3 rings (SSSR count). The van der Waals surface area contributed by atoms with Crippen molar-refractivity contribution < 1.29 is 22.8 Å². The molecule has 0 bridgehead atoms. The fourth-order valence-electron chi connectivity index (χ4n) is 2.78. The van der Waals surface area contributed by atoms with Gasteiger partial charge in [-0.1, -0.05) is 6.07 Å². The Balaban J connectivity index is 1.85. The fourth-order valence-corrected chi connectivity index (χ4v) is 3.65. The predicted molar refractivity (Wildman–Crippen MR) is 84.7 cm³/mol. The monoisotopic (exact) mass is 355 g/mol. The van der Waals surface area contributed by atoms with Crippen LogP contribution in [0.3, 0.4) is 0 Å². The second-order valence-electron chi connectivity index (χ2n) is 5.42. The number of hydrogen-bond acceptors (Lipinski definition) is 5. The lowest BCUT2D eigenvalue weighted by Gasteiger charge is -2.29. The van der Waals surface area contributed by atoms with Gasteiger partial charge in [-0.05, 0) is 24.1 Å². The number of piperidine rings is 1. The van der Waals surface area contributed by atoms with E-state index < -0.39 is 21.6 Å². The lowest BCUT2D eigenvalue weighted by atomic mass is 10.0. The zero-order valence-electron chi connectivity index (χ0n) is 11.9. The van der Waals surface area contributed by atoms with Crippen LogP contribution in [0.15, 0.2) is 18.2 Å². The molecular formula is C13H14N3O5PS. The number of carbonyl (C=O) groups excluding carboxylic acids is 3. The lowest BCUT2D eigenvalue weighted by Crippen LogP contribution is -2.52.